The largest absolute Gasteiger partial charge is 0.292 e. The molecule has 3 heteroatoms. The van der Waals surface area contributed by atoms with Crippen molar-refractivity contribution in [3.63, 3.8) is 0 Å². The molecule has 11 rings (SSSR count). The van der Waals surface area contributed by atoms with E-state index in [-0.39, 0.29) is 5.41 Å². The first-order valence-electron chi connectivity index (χ1n) is 17.4. The Morgan fingerprint density at radius 1 is 0.440 bits per heavy atom. The number of nitrogens with zero attached hydrogens (tertiary/aromatic N) is 3. The van der Waals surface area contributed by atoms with E-state index in [2.05, 4.69) is 170 Å². The van der Waals surface area contributed by atoms with Gasteiger partial charge in [0.1, 0.15) is 5.69 Å². The quantitative estimate of drug-likeness (QED) is 0.177. The topological polar surface area (TPSA) is 30.7 Å². The lowest BCUT2D eigenvalue weighted by Crippen LogP contribution is -2.18. The molecule has 2 aromatic heterocycles. The molecule has 3 nitrogen and oxygen atoms in total. The second-order valence-corrected chi connectivity index (χ2v) is 14.1. The lowest BCUT2D eigenvalue weighted by Gasteiger charge is -2.21. The van der Waals surface area contributed by atoms with Gasteiger partial charge in [0.05, 0.1) is 22.4 Å². The molecule has 234 valence electrons. The fraction of sp³-hybridized carbons (Fsp3) is 0.0638. The van der Waals surface area contributed by atoms with Crippen LogP contribution in [0.4, 0.5) is 0 Å². The summed E-state index contributed by atoms with van der Waals surface area (Å²) in [7, 11) is 0. The van der Waals surface area contributed by atoms with E-state index in [9.17, 15) is 0 Å². The highest BCUT2D eigenvalue weighted by atomic mass is 15.1. The van der Waals surface area contributed by atoms with Crippen molar-refractivity contribution in [3.8, 4) is 28.3 Å². The van der Waals surface area contributed by atoms with Crippen LogP contribution in [0.25, 0.3) is 93.2 Å². The highest BCUT2D eigenvalue weighted by Gasteiger charge is 2.39. The van der Waals surface area contributed by atoms with Crippen LogP contribution in [0.1, 0.15) is 25.1 Å². The Balaban J connectivity index is 1.39. The fourth-order valence-electron chi connectivity index (χ4n) is 8.85. The highest BCUT2D eigenvalue weighted by molar-refractivity contribution is 6.37. The van der Waals surface area contributed by atoms with Crippen LogP contribution in [0.2, 0.25) is 0 Å². The number of hydrogen-bond acceptors (Lipinski definition) is 2. The molecule has 8 aromatic carbocycles. The maximum absolute atomic E-state index is 5.68. The van der Waals surface area contributed by atoms with Crippen LogP contribution in [-0.2, 0) is 5.41 Å². The van der Waals surface area contributed by atoms with Gasteiger partial charge in [0.2, 0.25) is 0 Å². The minimum Gasteiger partial charge on any atom is -0.292 e. The van der Waals surface area contributed by atoms with Crippen molar-refractivity contribution in [3.05, 3.63) is 163 Å². The van der Waals surface area contributed by atoms with Crippen LogP contribution in [-0.4, -0.2) is 14.5 Å². The van der Waals surface area contributed by atoms with Crippen LogP contribution in [0, 0.1) is 0 Å². The first kappa shape index (κ1) is 27.6. The van der Waals surface area contributed by atoms with E-state index in [4.69, 9.17) is 9.97 Å². The summed E-state index contributed by atoms with van der Waals surface area (Å²) in [6, 6.07) is 54.9. The molecule has 1 aliphatic carbocycles. The van der Waals surface area contributed by atoms with Crippen molar-refractivity contribution in [2.24, 2.45) is 0 Å². The first-order chi connectivity index (χ1) is 24.6. The average Bonchev–Trinajstić information content (AvgIpc) is 3.63. The van der Waals surface area contributed by atoms with Gasteiger partial charge in [0.15, 0.2) is 5.82 Å². The summed E-state index contributed by atoms with van der Waals surface area (Å²) in [6.07, 6.45) is 0. The molecule has 2 heterocycles. The smallest absolute Gasteiger partial charge is 0.165 e. The summed E-state index contributed by atoms with van der Waals surface area (Å²) in [5.41, 5.74) is 8.34. The first-order valence-corrected chi connectivity index (χ1v) is 17.4. The molecule has 0 aliphatic heterocycles. The summed E-state index contributed by atoms with van der Waals surface area (Å²) >= 11 is 0. The monoisotopic (exact) mass is 637 g/mol. The van der Waals surface area contributed by atoms with Gasteiger partial charge in [0, 0.05) is 32.7 Å². The van der Waals surface area contributed by atoms with E-state index in [0.29, 0.717) is 0 Å². The predicted octanol–water partition coefficient (Wildman–Crippen LogP) is 12.2. The minimum absolute atomic E-state index is 0.270. The van der Waals surface area contributed by atoms with Gasteiger partial charge in [-0.05, 0) is 55.4 Å². The van der Waals surface area contributed by atoms with E-state index < -0.39 is 0 Å². The van der Waals surface area contributed by atoms with E-state index in [1.807, 2.05) is 0 Å². The third-order valence-corrected chi connectivity index (χ3v) is 11.1. The second kappa shape index (κ2) is 9.87. The van der Waals surface area contributed by atoms with Crippen molar-refractivity contribution in [1.29, 1.82) is 0 Å². The summed E-state index contributed by atoms with van der Waals surface area (Å²) in [5.74, 6) is 0.849. The molecule has 0 radical (unpaired) electrons. The molecule has 0 bridgehead atoms. The molecule has 0 saturated heterocycles. The van der Waals surface area contributed by atoms with Crippen LogP contribution >= 0.6 is 0 Å². The van der Waals surface area contributed by atoms with Crippen molar-refractivity contribution < 1.29 is 0 Å². The van der Waals surface area contributed by atoms with Gasteiger partial charge in [-0.15, -0.1) is 0 Å². The van der Waals surface area contributed by atoms with Gasteiger partial charge in [-0.1, -0.05) is 153 Å². The van der Waals surface area contributed by atoms with Gasteiger partial charge in [-0.3, -0.25) is 4.57 Å². The molecule has 0 spiro atoms. The Morgan fingerprint density at radius 2 is 1.02 bits per heavy atom. The lowest BCUT2D eigenvalue weighted by molar-refractivity contribution is 0.635. The average molecular weight is 638 g/mol. The van der Waals surface area contributed by atoms with Gasteiger partial charge in [-0.25, -0.2) is 9.97 Å². The summed E-state index contributed by atoms with van der Waals surface area (Å²) < 4.78 is 2.39. The number of aromatic nitrogens is 3. The maximum atomic E-state index is 5.68. The Kier molecular flexibility index (Phi) is 5.45. The van der Waals surface area contributed by atoms with Crippen LogP contribution in [0.5, 0.6) is 0 Å². The SMILES string of the molecule is CC1(C)c2ccccc2-c2nc(-n3c4ccc5ccccc5c4c4c5c6ccccc6c6ccccc6c5ccc43)c(-c3ccccc3)nc21. The van der Waals surface area contributed by atoms with Crippen LogP contribution in [0.3, 0.4) is 0 Å². The number of fused-ring (bicyclic) bond motifs is 15. The molecule has 0 amide bonds. The number of benzene rings is 8. The Labute approximate surface area is 289 Å². The molecule has 50 heavy (non-hydrogen) atoms. The lowest BCUT2D eigenvalue weighted by atomic mass is 9.85. The highest BCUT2D eigenvalue weighted by Crippen LogP contribution is 2.50. The van der Waals surface area contributed by atoms with Crippen molar-refractivity contribution in [1.82, 2.24) is 14.5 Å². The predicted molar refractivity (Wildman–Crippen MR) is 209 cm³/mol. The van der Waals surface area contributed by atoms with Gasteiger partial charge < -0.3 is 0 Å². The third-order valence-electron chi connectivity index (χ3n) is 11.1. The molecule has 0 fully saturated rings. The molecule has 0 saturated carbocycles. The van der Waals surface area contributed by atoms with Gasteiger partial charge in [0.25, 0.3) is 0 Å². The fourth-order valence-corrected chi connectivity index (χ4v) is 8.85. The molecule has 0 unspecified atom stereocenters. The van der Waals surface area contributed by atoms with Gasteiger partial charge >= 0.3 is 0 Å². The summed E-state index contributed by atoms with van der Waals surface area (Å²) in [4.78, 5) is 11.3. The van der Waals surface area contributed by atoms with Gasteiger partial charge in [-0.2, -0.15) is 0 Å². The summed E-state index contributed by atoms with van der Waals surface area (Å²) in [6.45, 7) is 4.55. The zero-order valence-electron chi connectivity index (χ0n) is 27.8. The zero-order valence-corrected chi connectivity index (χ0v) is 27.8. The van der Waals surface area contributed by atoms with E-state index >= 15 is 0 Å². The van der Waals surface area contributed by atoms with E-state index in [1.54, 1.807) is 0 Å². The van der Waals surface area contributed by atoms with Crippen molar-refractivity contribution >= 4 is 64.9 Å². The third kappa shape index (κ3) is 3.54. The number of rotatable bonds is 2. The Hall–Kier alpha value is -6.32. The molecule has 0 atom stereocenters. The maximum Gasteiger partial charge on any atom is 0.165 e. The minimum atomic E-state index is -0.270. The standard InChI is InChI=1S/C47H31N3/c1-47(2)37-23-13-12-22-36(37)44-45(47)48-43(29-15-4-3-5-16-29)46(49-44)50-38-26-24-28-14-6-7-17-30(28)41(38)42-39(50)27-25-35-33-20-9-8-18-31(33)32-19-10-11-21-34(32)40(35)42/h3-27H,1-2H3. The van der Waals surface area contributed by atoms with E-state index in [0.717, 1.165) is 45.1 Å². The van der Waals surface area contributed by atoms with Crippen LogP contribution in [0.15, 0.2) is 152 Å². The normalized spacial score (nSPS) is 13.6. The van der Waals surface area contributed by atoms with Crippen LogP contribution < -0.4 is 0 Å². The van der Waals surface area contributed by atoms with E-state index in [1.165, 1.54) is 59.4 Å². The molecule has 1 aliphatic rings. The van der Waals surface area contributed by atoms with Crippen molar-refractivity contribution in [2.45, 2.75) is 19.3 Å². The molecule has 10 aromatic rings. The Morgan fingerprint density at radius 3 is 1.80 bits per heavy atom. The van der Waals surface area contributed by atoms with Crippen molar-refractivity contribution in [2.75, 3.05) is 0 Å². The second-order valence-electron chi connectivity index (χ2n) is 14.1. The Bertz CT molecular complexity index is 3020. The summed E-state index contributed by atoms with van der Waals surface area (Å²) in [5, 5.41) is 12.6. The molecular formula is C47H31N3. The molecule has 0 N–H and O–H groups in total. The zero-order chi connectivity index (χ0) is 33.1. The number of hydrogen-bond donors (Lipinski definition) is 0. The molecular weight excluding hydrogens is 607 g/mol.